The Morgan fingerprint density at radius 1 is 1.17 bits per heavy atom. The van der Waals surface area contributed by atoms with Crippen LogP contribution in [0.2, 0.25) is 0 Å². The first-order valence-corrected chi connectivity index (χ1v) is 9.54. The van der Waals surface area contributed by atoms with E-state index in [0.29, 0.717) is 11.3 Å². The topological polar surface area (TPSA) is 99.0 Å². The minimum absolute atomic E-state index is 0.0517. The van der Waals surface area contributed by atoms with E-state index < -0.39 is 12.1 Å². The number of nitrogens with one attached hydrogen (secondary N) is 1. The molecule has 2 aromatic carbocycles. The van der Waals surface area contributed by atoms with E-state index in [-0.39, 0.29) is 11.9 Å². The minimum atomic E-state index is -0.893. The lowest BCUT2D eigenvalue weighted by Gasteiger charge is -2.27. The van der Waals surface area contributed by atoms with Crippen molar-refractivity contribution < 1.29 is 14.3 Å². The third kappa shape index (κ3) is 4.16. The van der Waals surface area contributed by atoms with Crippen LogP contribution in [-0.2, 0) is 16.0 Å². The highest BCUT2D eigenvalue weighted by molar-refractivity contribution is 5.92. The summed E-state index contributed by atoms with van der Waals surface area (Å²) in [6.07, 6.45) is 3.48. The van der Waals surface area contributed by atoms with Crippen molar-refractivity contribution in [1.82, 2.24) is 25.5 Å². The third-order valence-corrected chi connectivity index (χ3v) is 5.06. The fourth-order valence-corrected chi connectivity index (χ4v) is 3.50. The number of fused-ring (bicyclic) bond motifs is 1. The van der Waals surface area contributed by atoms with Crippen molar-refractivity contribution in [2.75, 3.05) is 0 Å². The van der Waals surface area contributed by atoms with Crippen molar-refractivity contribution >= 4 is 11.9 Å². The molecule has 0 bridgehead atoms. The summed E-state index contributed by atoms with van der Waals surface area (Å²) in [5, 5.41) is 14.0. The van der Waals surface area contributed by atoms with Crippen LogP contribution in [0.1, 0.15) is 47.3 Å². The van der Waals surface area contributed by atoms with Gasteiger partial charge in [-0.05, 0) is 72.0 Å². The fraction of sp³-hybridized carbons (Fsp3) is 0.286. The van der Waals surface area contributed by atoms with Crippen LogP contribution in [0.25, 0.3) is 5.69 Å². The SMILES string of the molecule is C[C@@H](OC(=O)c1ccc(-n2cnnn2)cc1)C(=O)N[C@@H]1CCCc2ccccc21. The first kappa shape index (κ1) is 18.8. The molecule has 1 aromatic heterocycles. The van der Waals surface area contributed by atoms with Crippen LogP contribution in [0.5, 0.6) is 0 Å². The maximum Gasteiger partial charge on any atom is 0.338 e. The summed E-state index contributed by atoms with van der Waals surface area (Å²) in [6.45, 7) is 1.58. The summed E-state index contributed by atoms with van der Waals surface area (Å²) in [4.78, 5) is 25.0. The van der Waals surface area contributed by atoms with Gasteiger partial charge < -0.3 is 10.1 Å². The molecule has 4 rings (SSSR count). The Bertz CT molecular complexity index is 1000. The predicted octanol–water partition coefficient (Wildman–Crippen LogP) is 2.40. The lowest BCUT2D eigenvalue weighted by molar-refractivity contribution is -0.130. The molecule has 8 nitrogen and oxygen atoms in total. The fourth-order valence-electron chi connectivity index (χ4n) is 3.50. The van der Waals surface area contributed by atoms with Gasteiger partial charge in [0.15, 0.2) is 6.10 Å². The van der Waals surface area contributed by atoms with Crippen LogP contribution in [0, 0.1) is 0 Å². The molecule has 0 saturated heterocycles. The summed E-state index contributed by atoms with van der Waals surface area (Å²) in [6, 6.07) is 14.7. The number of aryl methyl sites for hydroxylation is 1. The molecule has 0 fully saturated rings. The van der Waals surface area contributed by atoms with Crippen molar-refractivity contribution in [2.24, 2.45) is 0 Å². The molecular formula is C21H21N5O3. The molecule has 1 heterocycles. The Labute approximate surface area is 167 Å². The van der Waals surface area contributed by atoms with Gasteiger partial charge in [0, 0.05) is 0 Å². The summed E-state index contributed by atoms with van der Waals surface area (Å²) < 4.78 is 6.84. The quantitative estimate of drug-likeness (QED) is 0.671. The zero-order valence-electron chi connectivity index (χ0n) is 16.0. The highest BCUT2D eigenvalue weighted by Gasteiger charge is 2.25. The number of hydrogen-bond donors (Lipinski definition) is 1. The molecule has 0 radical (unpaired) electrons. The number of hydrogen-bond acceptors (Lipinski definition) is 6. The molecule has 8 heteroatoms. The number of nitrogens with zero attached hydrogens (tertiary/aromatic N) is 4. The Morgan fingerprint density at radius 2 is 1.97 bits per heavy atom. The standard InChI is InChI=1S/C21H21N5O3/c1-14(20(27)23-19-8-4-6-15-5-2-3-7-18(15)19)29-21(28)16-9-11-17(12-10-16)26-13-22-24-25-26/h2-3,5,7,9-14,19H,4,6,8H2,1H3,(H,23,27)/t14-,19-/m1/s1. The van der Waals surface area contributed by atoms with Gasteiger partial charge in [0.25, 0.3) is 5.91 Å². The van der Waals surface area contributed by atoms with Crippen molar-refractivity contribution in [3.8, 4) is 5.69 Å². The van der Waals surface area contributed by atoms with E-state index in [2.05, 4.69) is 26.9 Å². The Balaban J connectivity index is 1.37. The van der Waals surface area contributed by atoms with Gasteiger partial charge >= 0.3 is 5.97 Å². The molecule has 0 saturated carbocycles. The van der Waals surface area contributed by atoms with Gasteiger partial charge in [0.2, 0.25) is 0 Å². The molecule has 1 N–H and O–H groups in total. The Hall–Kier alpha value is -3.55. The zero-order valence-corrected chi connectivity index (χ0v) is 16.0. The first-order valence-electron chi connectivity index (χ1n) is 9.54. The lowest BCUT2D eigenvalue weighted by Crippen LogP contribution is -2.39. The van der Waals surface area contributed by atoms with Gasteiger partial charge in [-0.15, -0.1) is 5.10 Å². The summed E-state index contributed by atoms with van der Waals surface area (Å²) in [7, 11) is 0. The number of carbonyl (C=O) groups is 2. The van der Waals surface area contributed by atoms with E-state index in [9.17, 15) is 9.59 Å². The zero-order chi connectivity index (χ0) is 20.2. The van der Waals surface area contributed by atoms with Crippen LogP contribution >= 0.6 is 0 Å². The maximum absolute atomic E-state index is 12.6. The smallest absolute Gasteiger partial charge is 0.338 e. The molecule has 1 aliphatic carbocycles. The van der Waals surface area contributed by atoms with Gasteiger partial charge in [0.05, 0.1) is 17.3 Å². The van der Waals surface area contributed by atoms with Gasteiger partial charge in [-0.25, -0.2) is 9.48 Å². The van der Waals surface area contributed by atoms with Crippen LogP contribution in [0.15, 0.2) is 54.9 Å². The van der Waals surface area contributed by atoms with Gasteiger partial charge in [-0.1, -0.05) is 24.3 Å². The number of tetrazole rings is 1. The highest BCUT2D eigenvalue weighted by Crippen LogP contribution is 2.29. The molecular weight excluding hydrogens is 370 g/mol. The van der Waals surface area contributed by atoms with E-state index >= 15 is 0 Å². The van der Waals surface area contributed by atoms with Crippen molar-refractivity contribution in [1.29, 1.82) is 0 Å². The summed E-state index contributed by atoms with van der Waals surface area (Å²) in [5.74, 6) is -0.856. The molecule has 0 spiro atoms. The van der Waals surface area contributed by atoms with E-state index in [1.807, 2.05) is 18.2 Å². The third-order valence-electron chi connectivity index (χ3n) is 5.06. The first-order chi connectivity index (χ1) is 14.1. The lowest BCUT2D eigenvalue weighted by atomic mass is 9.87. The van der Waals surface area contributed by atoms with Crippen molar-refractivity contribution in [3.05, 3.63) is 71.5 Å². The van der Waals surface area contributed by atoms with Crippen LogP contribution in [0.4, 0.5) is 0 Å². The van der Waals surface area contributed by atoms with Crippen molar-refractivity contribution in [3.63, 3.8) is 0 Å². The van der Waals surface area contributed by atoms with E-state index in [4.69, 9.17) is 4.74 Å². The molecule has 1 amide bonds. The number of amides is 1. The molecule has 29 heavy (non-hydrogen) atoms. The average Bonchev–Trinajstić information content (AvgIpc) is 3.29. The van der Waals surface area contributed by atoms with Gasteiger partial charge in [-0.2, -0.15) is 0 Å². The molecule has 1 aliphatic rings. The minimum Gasteiger partial charge on any atom is -0.449 e. The summed E-state index contributed by atoms with van der Waals surface area (Å²) >= 11 is 0. The van der Waals surface area contributed by atoms with Gasteiger partial charge in [-0.3, -0.25) is 4.79 Å². The Morgan fingerprint density at radius 3 is 2.72 bits per heavy atom. The largest absolute Gasteiger partial charge is 0.449 e. The molecule has 0 unspecified atom stereocenters. The van der Waals surface area contributed by atoms with E-state index in [0.717, 1.165) is 24.8 Å². The second kappa shape index (κ2) is 8.22. The molecule has 0 aliphatic heterocycles. The van der Waals surface area contributed by atoms with E-state index in [1.165, 1.54) is 16.6 Å². The Kier molecular flexibility index (Phi) is 5.33. The highest BCUT2D eigenvalue weighted by atomic mass is 16.5. The number of aromatic nitrogens is 4. The monoisotopic (exact) mass is 391 g/mol. The van der Waals surface area contributed by atoms with Crippen molar-refractivity contribution in [2.45, 2.75) is 38.3 Å². The number of ether oxygens (including phenoxy) is 1. The molecule has 148 valence electrons. The van der Waals surface area contributed by atoms with Gasteiger partial charge in [0.1, 0.15) is 6.33 Å². The second-order valence-electron chi connectivity index (χ2n) is 7.00. The van der Waals surface area contributed by atoms with Crippen LogP contribution < -0.4 is 5.32 Å². The molecule has 3 aromatic rings. The predicted molar refractivity (Wildman–Crippen MR) is 104 cm³/mol. The number of esters is 1. The second-order valence-corrected chi connectivity index (χ2v) is 7.00. The number of rotatable bonds is 5. The number of carbonyl (C=O) groups excluding carboxylic acids is 2. The molecule has 2 atom stereocenters. The summed E-state index contributed by atoms with van der Waals surface area (Å²) in [5.41, 5.74) is 3.47. The maximum atomic E-state index is 12.6. The van der Waals surface area contributed by atoms with Crippen LogP contribution in [0.3, 0.4) is 0 Å². The number of benzene rings is 2. The van der Waals surface area contributed by atoms with Crippen LogP contribution in [-0.4, -0.2) is 38.2 Å². The normalized spacial score (nSPS) is 16.5. The average molecular weight is 391 g/mol. The van der Waals surface area contributed by atoms with E-state index in [1.54, 1.807) is 31.2 Å².